The number of carbonyl (C=O) groups is 1. The van der Waals surface area contributed by atoms with Crippen LogP contribution in [0.3, 0.4) is 0 Å². The Balaban J connectivity index is 2.16. The first-order chi connectivity index (χ1) is 11.5. The molecule has 5 heteroatoms. The van der Waals surface area contributed by atoms with Crippen LogP contribution in [0, 0.1) is 0 Å². The van der Waals surface area contributed by atoms with Crippen molar-refractivity contribution in [1.29, 1.82) is 0 Å². The Morgan fingerprint density at radius 3 is 2.21 bits per heavy atom. The van der Waals surface area contributed by atoms with E-state index in [9.17, 15) is 25.2 Å². The molecule has 0 bridgehead atoms. The number of benzene rings is 3. The predicted molar refractivity (Wildman–Crippen MR) is 89.4 cm³/mol. The zero-order valence-electron chi connectivity index (χ0n) is 12.3. The SMILES string of the molecule is O=C1C=Cc2ccc(-c3ccc(O)c(O)c3)c3c(O)c(O)cc1c23. The summed E-state index contributed by atoms with van der Waals surface area (Å²) in [5.41, 5.74) is 2.12. The second-order valence-corrected chi connectivity index (χ2v) is 5.65. The van der Waals surface area contributed by atoms with Crippen molar-refractivity contribution in [2.24, 2.45) is 0 Å². The van der Waals surface area contributed by atoms with Gasteiger partial charge in [-0.1, -0.05) is 24.3 Å². The van der Waals surface area contributed by atoms with Crippen molar-refractivity contribution in [3.05, 3.63) is 53.6 Å². The highest BCUT2D eigenvalue weighted by Crippen LogP contribution is 2.45. The molecule has 0 aromatic heterocycles. The average Bonchev–Trinajstić information content (AvgIpc) is 2.57. The smallest absolute Gasteiger partial charge is 0.186 e. The van der Waals surface area contributed by atoms with Gasteiger partial charge in [-0.2, -0.15) is 0 Å². The summed E-state index contributed by atoms with van der Waals surface area (Å²) >= 11 is 0. The predicted octanol–water partition coefficient (Wildman–Crippen LogP) is 3.54. The highest BCUT2D eigenvalue weighted by atomic mass is 16.3. The van der Waals surface area contributed by atoms with Crippen LogP contribution in [0.1, 0.15) is 15.9 Å². The lowest BCUT2D eigenvalue weighted by molar-refractivity contribution is 0.104. The molecule has 3 aromatic rings. The van der Waals surface area contributed by atoms with E-state index in [0.29, 0.717) is 27.5 Å². The van der Waals surface area contributed by atoms with Gasteiger partial charge in [-0.15, -0.1) is 0 Å². The van der Waals surface area contributed by atoms with Crippen LogP contribution < -0.4 is 0 Å². The summed E-state index contributed by atoms with van der Waals surface area (Å²) < 4.78 is 0. The first kappa shape index (κ1) is 14.1. The number of aromatic hydroxyl groups is 4. The summed E-state index contributed by atoms with van der Waals surface area (Å²) in [6, 6.07) is 9.05. The zero-order valence-corrected chi connectivity index (χ0v) is 12.3. The van der Waals surface area contributed by atoms with Crippen LogP contribution in [0.5, 0.6) is 23.0 Å². The maximum Gasteiger partial charge on any atom is 0.186 e. The minimum Gasteiger partial charge on any atom is -0.504 e. The average molecular weight is 320 g/mol. The number of carbonyl (C=O) groups excluding carboxylic acids is 1. The lowest BCUT2D eigenvalue weighted by Crippen LogP contribution is -2.02. The van der Waals surface area contributed by atoms with Crippen LogP contribution in [0.15, 0.2) is 42.5 Å². The number of hydrogen-bond acceptors (Lipinski definition) is 5. The standard InChI is InChI=1S/C19H12O5/c20-13-5-2-9-1-4-11(10-3-6-14(21)15(22)7-10)18-17(9)12(13)8-16(23)19(18)24/h1-8,21-24H. The van der Waals surface area contributed by atoms with Crippen LogP contribution in [0.25, 0.3) is 28.0 Å². The second kappa shape index (κ2) is 4.76. The van der Waals surface area contributed by atoms with Gasteiger partial charge in [0.15, 0.2) is 28.8 Å². The maximum absolute atomic E-state index is 12.1. The van der Waals surface area contributed by atoms with Gasteiger partial charge >= 0.3 is 0 Å². The molecular weight excluding hydrogens is 308 g/mol. The third-order valence-corrected chi connectivity index (χ3v) is 4.23. The minimum atomic E-state index is -0.387. The first-order valence-corrected chi connectivity index (χ1v) is 7.24. The molecule has 5 nitrogen and oxygen atoms in total. The van der Waals surface area contributed by atoms with E-state index in [1.807, 2.05) is 0 Å². The summed E-state index contributed by atoms with van der Waals surface area (Å²) in [6.07, 6.45) is 3.08. The molecule has 0 atom stereocenters. The molecule has 0 fully saturated rings. The van der Waals surface area contributed by atoms with Gasteiger partial charge in [0.1, 0.15) is 0 Å². The summed E-state index contributed by atoms with van der Waals surface area (Å²) in [6.45, 7) is 0. The Morgan fingerprint density at radius 2 is 1.46 bits per heavy atom. The minimum absolute atomic E-state index is 0.256. The molecule has 1 aliphatic carbocycles. The van der Waals surface area contributed by atoms with Crippen molar-refractivity contribution in [3.63, 3.8) is 0 Å². The fourth-order valence-electron chi connectivity index (χ4n) is 3.08. The van der Waals surface area contributed by atoms with Crippen LogP contribution in [0.4, 0.5) is 0 Å². The largest absolute Gasteiger partial charge is 0.504 e. The van der Waals surface area contributed by atoms with Crippen LogP contribution in [0.2, 0.25) is 0 Å². The van der Waals surface area contributed by atoms with E-state index in [4.69, 9.17) is 0 Å². The van der Waals surface area contributed by atoms with Gasteiger partial charge < -0.3 is 20.4 Å². The number of hydrogen-bond donors (Lipinski definition) is 4. The van der Waals surface area contributed by atoms with Crippen LogP contribution >= 0.6 is 0 Å². The Labute approximate surface area is 136 Å². The lowest BCUT2D eigenvalue weighted by atomic mass is 9.87. The van der Waals surface area contributed by atoms with E-state index in [-0.39, 0.29) is 28.8 Å². The maximum atomic E-state index is 12.1. The van der Waals surface area contributed by atoms with E-state index < -0.39 is 0 Å². The van der Waals surface area contributed by atoms with Gasteiger partial charge in [0, 0.05) is 16.3 Å². The van der Waals surface area contributed by atoms with E-state index in [1.54, 1.807) is 24.3 Å². The van der Waals surface area contributed by atoms with Gasteiger partial charge in [0.05, 0.1) is 0 Å². The Kier molecular flexibility index (Phi) is 2.81. The van der Waals surface area contributed by atoms with Crippen LogP contribution in [-0.2, 0) is 0 Å². The summed E-state index contributed by atoms with van der Waals surface area (Å²) in [5, 5.41) is 40.5. The lowest BCUT2D eigenvalue weighted by Gasteiger charge is -2.17. The summed E-state index contributed by atoms with van der Waals surface area (Å²) in [7, 11) is 0. The number of ketones is 1. The molecule has 24 heavy (non-hydrogen) atoms. The van der Waals surface area contributed by atoms with Gasteiger partial charge in [0.25, 0.3) is 0 Å². The number of phenols is 4. The van der Waals surface area contributed by atoms with Gasteiger partial charge in [-0.25, -0.2) is 0 Å². The molecule has 4 N–H and O–H groups in total. The number of phenolic OH excluding ortho intramolecular Hbond substituents is 4. The molecule has 3 aromatic carbocycles. The molecule has 0 aliphatic heterocycles. The van der Waals surface area contributed by atoms with Crippen molar-refractivity contribution in [1.82, 2.24) is 0 Å². The van der Waals surface area contributed by atoms with Gasteiger partial charge in [0.2, 0.25) is 0 Å². The highest BCUT2D eigenvalue weighted by molar-refractivity contribution is 6.23. The molecule has 0 saturated heterocycles. The van der Waals surface area contributed by atoms with E-state index in [0.717, 1.165) is 5.56 Å². The fourth-order valence-corrected chi connectivity index (χ4v) is 3.08. The third kappa shape index (κ3) is 1.85. The summed E-state index contributed by atoms with van der Waals surface area (Å²) in [5.74, 6) is -1.53. The Bertz CT molecular complexity index is 1060. The van der Waals surface area contributed by atoms with Crippen molar-refractivity contribution in [3.8, 4) is 34.1 Å². The van der Waals surface area contributed by atoms with Gasteiger partial charge in [-0.05, 0) is 41.0 Å². The first-order valence-electron chi connectivity index (χ1n) is 7.24. The van der Waals surface area contributed by atoms with Crippen molar-refractivity contribution >= 4 is 22.6 Å². The molecule has 0 spiro atoms. The fraction of sp³-hybridized carbons (Fsp3) is 0. The van der Waals surface area contributed by atoms with Crippen molar-refractivity contribution in [2.45, 2.75) is 0 Å². The zero-order chi connectivity index (χ0) is 17.0. The van der Waals surface area contributed by atoms with Crippen molar-refractivity contribution in [2.75, 3.05) is 0 Å². The molecule has 0 amide bonds. The van der Waals surface area contributed by atoms with E-state index in [1.165, 1.54) is 24.3 Å². The molecule has 0 unspecified atom stereocenters. The molecule has 1 aliphatic rings. The van der Waals surface area contributed by atoms with E-state index in [2.05, 4.69) is 0 Å². The molecule has 0 saturated carbocycles. The molecule has 118 valence electrons. The summed E-state index contributed by atoms with van der Waals surface area (Å²) in [4.78, 5) is 12.1. The molecule has 0 radical (unpaired) electrons. The second-order valence-electron chi connectivity index (χ2n) is 5.65. The molecule has 0 heterocycles. The quantitative estimate of drug-likeness (QED) is 0.514. The molecule has 4 rings (SSSR count). The van der Waals surface area contributed by atoms with Crippen molar-refractivity contribution < 1.29 is 25.2 Å². The van der Waals surface area contributed by atoms with Gasteiger partial charge in [-0.3, -0.25) is 4.79 Å². The Hall–Kier alpha value is -3.47. The van der Waals surface area contributed by atoms with Crippen LogP contribution in [-0.4, -0.2) is 26.2 Å². The topological polar surface area (TPSA) is 98.0 Å². The third-order valence-electron chi connectivity index (χ3n) is 4.23. The van der Waals surface area contributed by atoms with E-state index >= 15 is 0 Å². The number of rotatable bonds is 1. The number of allylic oxidation sites excluding steroid dienone is 1. The monoisotopic (exact) mass is 320 g/mol. The highest BCUT2D eigenvalue weighted by Gasteiger charge is 2.22. The normalized spacial score (nSPS) is 12.8. The Morgan fingerprint density at radius 1 is 0.667 bits per heavy atom. The molecular formula is C19H12O5.